The van der Waals surface area contributed by atoms with Crippen molar-refractivity contribution in [1.82, 2.24) is 9.88 Å². The number of amides is 1. The molecule has 2 aliphatic heterocycles. The number of aromatic nitrogens is 1. The normalized spacial score (nSPS) is 26.4. The highest BCUT2D eigenvalue weighted by Gasteiger charge is 2.45. The van der Waals surface area contributed by atoms with Gasteiger partial charge in [0.05, 0.1) is 7.11 Å². The summed E-state index contributed by atoms with van der Waals surface area (Å²) in [6.07, 6.45) is 7.37. The Morgan fingerprint density at radius 3 is 2.88 bits per heavy atom. The van der Waals surface area contributed by atoms with Gasteiger partial charge in [-0.2, -0.15) is 0 Å². The lowest BCUT2D eigenvalue weighted by molar-refractivity contribution is -0.147. The third-order valence-electron chi connectivity index (χ3n) is 6.29. The predicted octanol–water partition coefficient (Wildman–Crippen LogP) is 4.46. The van der Waals surface area contributed by atoms with E-state index in [0.717, 1.165) is 29.0 Å². The lowest BCUT2D eigenvalue weighted by atomic mass is 9.70. The molecule has 1 aromatic heterocycles. The van der Waals surface area contributed by atoms with E-state index in [1.165, 1.54) is 24.8 Å². The average Bonchev–Trinajstić information content (AvgIpc) is 3.03. The maximum atomic E-state index is 13.1. The van der Waals surface area contributed by atoms with Crippen LogP contribution in [0.25, 0.3) is 10.9 Å². The lowest BCUT2D eigenvalue weighted by Crippen LogP contribution is -2.58. The van der Waals surface area contributed by atoms with Crippen molar-refractivity contribution < 1.29 is 9.53 Å². The molecule has 1 saturated carbocycles. The number of nitrogens with one attached hydrogen (secondary N) is 1. The summed E-state index contributed by atoms with van der Waals surface area (Å²) in [5, 5.41) is 1.16. The summed E-state index contributed by atoms with van der Waals surface area (Å²) >= 11 is 0. The number of ether oxygens (including phenoxy) is 1. The number of H-pyrrole nitrogens is 1. The minimum absolute atomic E-state index is 0.198. The number of piperidine rings is 2. The zero-order chi connectivity index (χ0) is 17.6. The van der Waals surface area contributed by atoms with Crippen molar-refractivity contribution >= 4 is 16.8 Å². The summed E-state index contributed by atoms with van der Waals surface area (Å²) in [5.74, 6) is 2.26. The van der Waals surface area contributed by atoms with Gasteiger partial charge in [0.1, 0.15) is 5.75 Å². The number of carbonyl (C=O) groups excluding carboxylic acids is 1. The first kappa shape index (κ1) is 16.5. The fourth-order valence-corrected chi connectivity index (χ4v) is 4.82. The van der Waals surface area contributed by atoms with Crippen molar-refractivity contribution in [3.05, 3.63) is 30.0 Å². The summed E-state index contributed by atoms with van der Waals surface area (Å²) in [7, 11) is 1.69. The molecular formula is C21H28N2O2. The van der Waals surface area contributed by atoms with Gasteiger partial charge in [-0.15, -0.1) is 0 Å². The molecule has 1 N–H and O–H groups in total. The monoisotopic (exact) mass is 340 g/mol. The highest BCUT2D eigenvalue weighted by Crippen LogP contribution is 2.44. The van der Waals surface area contributed by atoms with E-state index < -0.39 is 0 Å². The van der Waals surface area contributed by atoms with Gasteiger partial charge in [0, 0.05) is 35.6 Å². The molecule has 2 aromatic rings. The molecule has 2 saturated heterocycles. The van der Waals surface area contributed by atoms with Crippen molar-refractivity contribution in [2.75, 3.05) is 7.11 Å². The van der Waals surface area contributed by atoms with Crippen molar-refractivity contribution in [2.24, 2.45) is 5.92 Å². The Hall–Kier alpha value is -1.97. The van der Waals surface area contributed by atoms with E-state index in [2.05, 4.69) is 36.0 Å². The highest BCUT2D eigenvalue weighted by molar-refractivity contribution is 5.86. The van der Waals surface area contributed by atoms with Crippen molar-refractivity contribution in [2.45, 2.75) is 64.0 Å². The van der Waals surface area contributed by atoms with Crippen LogP contribution >= 0.6 is 0 Å². The SMILES string of the molecule is CCC1CC2CC(C2)N1C(=O)CC(C)c1c[nH]c2ccc(OC)cc12. The average molecular weight is 340 g/mol. The molecule has 4 heteroatoms. The Kier molecular flexibility index (Phi) is 4.22. The smallest absolute Gasteiger partial charge is 0.223 e. The van der Waals surface area contributed by atoms with Gasteiger partial charge in [0.25, 0.3) is 0 Å². The number of hydrogen-bond acceptors (Lipinski definition) is 2. The van der Waals surface area contributed by atoms with E-state index in [4.69, 9.17) is 4.74 Å². The van der Waals surface area contributed by atoms with E-state index >= 15 is 0 Å². The molecule has 1 amide bonds. The van der Waals surface area contributed by atoms with Crippen LogP contribution in [0.2, 0.25) is 0 Å². The molecule has 3 heterocycles. The third kappa shape index (κ3) is 2.82. The molecule has 1 aliphatic carbocycles. The third-order valence-corrected chi connectivity index (χ3v) is 6.29. The summed E-state index contributed by atoms with van der Waals surface area (Å²) in [6.45, 7) is 4.37. The van der Waals surface area contributed by atoms with E-state index in [0.29, 0.717) is 24.4 Å². The van der Waals surface area contributed by atoms with Gasteiger partial charge in [0.2, 0.25) is 5.91 Å². The molecule has 25 heavy (non-hydrogen) atoms. The first-order valence-electron chi connectivity index (χ1n) is 9.56. The standard InChI is InChI=1S/C21H28N2O2/c1-4-15-8-14-9-16(10-14)23(15)21(24)7-13(2)19-12-22-20-6-5-17(25-3)11-18(19)20/h5-6,11-16,22H,4,7-10H2,1-3H3. The van der Waals surface area contributed by atoms with Crippen LogP contribution in [-0.2, 0) is 4.79 Å². The number of rotatable bonds is 5. The van der Waals surface area contributed by atoms with Crippen molar-refractivity contribution in [3.8, 4) is 5.75 Å². The van der Waals surface area contributed by atoms with Crippen molar-refractivity contribution in [1.29, 1.82) is 0 Å². The van der Waals surface area contributed by atoms with Crippen LogP contribution in [0.5, 0.6) is 5.75 Å². The van der Waals surface area contributed by atoms with Crippen LogP contribution in [0.1, 0.15) is 57.4 Å². The first-order chi connectivity index (χ1) is 12.1. The largest absolute Gasteiger partial charge is 0.497 e. The van der Waals surface area contributed by atoms with Crippen LogP contribution in [0.4, 0.5) is 0 Å². The minimum Gasteiger partial charge on any atom is -0.497 e. The Morgan fingerprint density at radius 1 is 1.36 bits per heavy atom. The van der Waals surface area contributed by atoms with Gasteiger partial charge in [-0.3, -0.25) is 4.79 Å². The maximum absolute atomic E-state index is 13.1. The molecule has 2 bridgehead atoms. The Labute approximate surface area is 149 Å². The number of fused-ring (bicyclic) bond motifs is 3. The number of methoxy groups -OCH3 is 1. The van der Waals surface area contributed by atoms with E-state index in [1.807, 2.05) is 12.1 Å². The van der Waals surface area contributed by atoms with Crippen molar-refractivity contribution in [3.63, 3.8) is 0 Å². The second-order valence-electron chi connectivity index (χ2n) is 7.85. The second kappa shape index (κ2) is 6.40. The van der Waals surface area contributed by atoms with Gasteiger partial charge in [-0.05, 0) is 61.3 Å². The van der Waals surface area contributed by atoms with Crippen LogP contribution in [0.15, 0.2) is 24.4 Å². The van der Waals surface area contributed by atoms with Crippen LogP contribution in [0.3, 0.4) is 0 Å². The zero-order valence-electron chi connectivity index (χ0n) is 15.4. The summed E-state index contributed by atoms with van der Waals surface area (Å²) in [6, 6.07) is 7.03. The summed E-state index contributed by atoms with van der Waals surface area (Å²) in [4.78, 5) is 18.6. The molecule has 4 nitrogen and oxygen atoms in total. The fourth-order valence-electron chi connectivity index (χ4n) is 4.82. The predicted molar refractivity (Wildman–Crippen MR) is 99.9 cm³/mol. The van der Waals surface area contributed by atoms with Gasteiger partial charge in [0.15, 0.2) is 0 Å². The molecule has 0 spiro atoms. The molecule has 134 valence electrons. The number of benzene rings is 1. The topological polar surface area (TPSA) is 45.3 Å². The highest BCUT2D eigenvalue weighted by atomic mass is 16.5. The van der Waals surface area contributed by atoms with Gasteiger partial charge >= 0.3 is 0 Å². The molecule has 0 radical (unpaired) electrons. The molecule has 2 atom stereocenters. The first-order valence-corrected chi connectivity index (χ1v) is 9.56. The molecule has 3 fully saturated rings. The lowest BCUT2D eigenvalue weighted by Gasteiger charge is -2.54. The maximum Gasteiger partial charge on any atom is 0.223 e. The van der Waals surface area contributed by atoms with E-state index in [9.17, 15) is 4.79 Å². The van der Waals surface area contributed by atoms with Crippen LogP contribution in [0, 0.1) is 5.92 Å². The zero-order valence-corrected chi connectivity index (χ0v) is 15.4. The fraction of sp³-hybridized carbons (Fsp3) is 0.571. The molecule has 1 aromatic carbocycles. The minimum atomic E-state index is 0.198. The van der Waals surface area contributed by atoms with Crippen LogP contribution < -0.4 is 4.74 Å². The molecule has 5 rings (SSSR count). The van der Waals surface area contributed by atoms with Gasteiger partial charge in [-0.1, -0.05) is 13.8 Å². The van der Waals surface area contributed by atoms with Crippen LogP contribution in [-0.4, -0.2) is 35.0 Å². The van der Waals surface area contributed by atoms with Gasteiger partial charge in [-0.25, -0.2) is 0 Å². The van der Waals surface area contributed by atoms with Gasteiger partial charge < -0.3 is 14.6 Å². The molecule has 2 unspecified atom stereocenters. The molecular weight excluding hydrogens is 312 g/mol. The number of carbonyl (C=O) groups is 1. The Bertz CT molecular complexity index is 775. The Balaban J connectivity index is 1.53. The van der Waals surface area contributed by atoms with E-state index in [-0.39, 0.29) is 5.92 Å². The van der Waals surface area contributed by atoms with E-state index in [1.54, 1.807) is 7.11 Å². The number of nitrogens with zero attached hydrogens (tertiary/aromatic N) is 1. The quantitative estimate of drug-likeness (QED) is 0.873. The Morgan fingerprint density at radius 2 is 2.16 bits per heavy atom. The summed E-state index contributed by atoms with van der Waals surface area (Å²) < 4.78 is 5.36. The molecule has 3 aliphatic rings. The second-order valence-corrected chi connectivity index (χ2v) is 7.85. The number of aromatic amines is 1. The number of hydrogen-bond donors (Lipinski definition) is 1. The summed E-state index contributed by atoms with van der Waals surface area (Å²) in [5.41, 5.74) is 2.31.